The zero-order valence-corrected chi connectivity index (χ0v) is 7.47. The number of nitrogens with zero attached hydrogens (tertiary/aromatic N) is 1. The molecule has 77 valence electrons. The fourth-order valence-corrected chi connectivity index (χ4v) is 1.09. The molecule has 0 aromatic heterocycles. The molecule has 1 unspecified atom stereocenters. The first-order valence-electron chi connectivity index (χ1n) is 3.76. The van der Waals surface area contributed by atoms with Crippen LogP contribution in [-0.2, 0) is 4.79 Å². The number of alkyl halides is 3. The van der Waals surface area contributed by atoms with Crippen LogP contribution < -0.4 is 5.32 Å². The number of hydrogen-bond donors (Lipinski definition) is 1. The fraction of sp³-hybridized carbons (Fsp3) is 0.667. The lowest BCUT2D eigenvalue weighted by molar-refractivity contribution is -0.189. The highest BCUT2D eigenvalue weighted by Gasteiger charge is 2.63. The van der Waals surface area contributed by atoms with Crippen molar-refractivity contribution in [1.29, 1.82) is 0 Å². The second kappa shape index (κ2) is 2.89. The van der Waals surface area contributed by atoms with E-state index in [0.29, 0.717) is 11.7 Å². The Kier molecular flexibility index (Phi) is 2.25. The zero-order valence-electron chi connectivity index (χ0n) is 7.47. The summed E-state index contributed by atoms with van der Waals surface area (Å²) >= 11 is 0. The van der Waals surface area contributed by atoms with E-state index in [0.717, 1.165) is 7.41 Å². The van der Waals surface area contributed by atoms with Crippen LogP contribution in [0.25, 0.3) is 0 Å². The Labute approximate surface area is 78.7 Å². The van der Waals surface area contributed by atoms with E-state index in [-0.39, 0.29) is 0 Å². The highest BCUT2D eigenvalue weighted by molar-refractivity contribution is 6.43. The summed E-state index contributed by atoms with van der Waals surface area (Å²) in [4.78, 5) is 22.6. The van der Waals surface area contributed by atoms with Crippen molar-refractivity contribution >= 4 is 19.4 Å². The first kappa shape index (κ1) is 10.9. The topological polar surface area (TPSA) is 49.4 Å². The normalized spacial score (nSPS) is 27.9. The van der Waals surface area contributed by atoms with Crippen LogP contribution in [0, 0.1) is 0 Å². The monoisotopic (exact) mass is 207 g/mol. The molecule has 0 saturated carbocycles. The number of amides is 3. The number of urea groups is 1. The van der Waals surface area contributed by atoms with Gasteiger partial charge in [-0.2, -0.15) is 13.2 Å². The Morgan fingerprint density at radius 2 is 1.93 bits per heavy atom. The van der Waals surface area contributed by atoms with Gasteiger partial charge in [-0.05, 0) is 6.92 Å². The maximum absolute atomic E-state index is 12.4. The maximum Gasteiger partial charge on any atom is 0.420 e. The number of rotatable bonds is 1. The second-order valence-electron chi connectivity index (χ2n) is 2.99. The van der Waals surface area contributed by atoms with Crippen molar-refractivity contribution in [3.8, 4) is 0 Å². The van der Waals surface area contributed by atoms with Crippen molar-refractivity contribution in [1.82, 2.24) is 10.1 Å². The van der Waals surface area contributed by atoms with Crippen LogP contribution in [0.4, 0.5) is 18.0 Å². The molecule has 0 aromatic carbocycles. The SMILES string of the molecule is C[B]N1C(=O)NC(C)(C(F)(F)F)C1=O. The summed E-state index contributed by atoms with van der Waals surface area (Å²) in [7, 11) is 0.995. The predicted octanol–water partition coefficient (Wildman–Crippen LogP) is 0.526. The molecule has 1 radical (unpaired) electrons. The summed E-state index contributed by atoms with van der Waals surface area (Å²) in [5.41, 5.74) is -2.81. The number of nitrogens with one attached hydrogen (secondary N) is 1. The second-order valence-corrected chi connectivity index (χ2v) is 2.99. The molecule has 1 saturated heterocycles. The minimum atomic E-state index is -4.79. The van der Waals surface area contributed by atoms with Crippen molar-refractivity contribution in [2.45, 2.75) is 25.5 Å². The molecule has 4 nitrogen and oxygen atoms in total. The van der Waals surface area contributed by atoms with Gasteiger partial charge in [0.2, 0.25) is 5.54 Å². The average molecular weight is 207 g/mol. The minimum absolute atomic E-state index is 0.410. The predicted molar refractivity (Wildman–Crippen MR) is 41.5 cm³/mol. The molecule has 1 aliphatic rings. The van der Waals surface area contributed by atoms with Crippen molar-refractivity contribution in [2.24, 2.45) is 0 Å². The van der Waals surface area contributed by atoms with Crippen molar-refractivity contribution in [3.05, 3.63) is 0 Å². The van der Waals surface area contributed by atoms with Crippen LogP contribution in [0.3, 0.4) is 0 Å². The van der Waals surface area contributed by atoms with Gasteiger partial charge in [-0.1, -0.05) is 6.82 Å². The standard InChI is InChI=1S/C6H7BF3N2O2/c1-5(6(8,9)10)3(13)12(7-2)4(14)11-5/h1-2H3,(H,11,14). The molecular weight excluding hydrogens is 200 g/mol. The lowest BCUT2D eigenvalue weighted by atomic mass is 9.93. The van der Waals surface area contributed by atoms with E-state index in [9.17, 15) is 22.8 Å². The lowest BCUT2D eigenvalue weighted by Gasteiger charge is -2.24. The first-order valence-corrected chi connectivity index (χ1v) is 3.76. The van der Waals surface area contributed by atoms with Gasteiger partial charge >= 0.3 is 12.2 Å². The van der Waals surface area contributed by atoms with Gasteiger partial charge in [0.25, 0.3) is 13.3 Å². The quantitative estimate of drug-likeness (QED) is 0.503. The van der Waals surface area contributed by atoms with E-state index in [1.54, 1.807) is 5.32 Å². The average Bonchev–Trinajstić information content (AvgIpc) is 2.23. The van der Waals surface area contributed by atoms with E-state index < -0.39 is 23.7 Å². The van der Waals surface area contributed by atoms with Crippen LogP contribution in [-0.4, -0.2) is 35.9 Å². The fourth-order valence-electron chi connectivity index (χ4n) is 1.09. The molecule has 1 aliphatic heterocycles. The lowest BCUT2D eigenvalue weighted by Crippen LogP contribution is -2.56. The van der Waals surface area contributed by atoms with Gasteiger partial charge in [0.05, 0.1) is 0 Å². The van der Waals surface area contributed by atoms with Gasteiger partial charge in [0.1, 0.15) is 0 Å². The third kappa shape index (κ3) is 1.25. The summed E-state index contributed by atoms with van der Waals surface area (Å²) in [6.45, 7) is 1.94. The van der Waals surface area contributed by atoms with Crippen molar-refractivity contribution < 1.29 is 22.8 Å². The smallest absolute Gasteiger partial charge is 0.317 e. The Hall–Kier alpha value is -1.21. The van der Waals surface area contributed by atoms with E-state index in [4.69, 9.17) is 0 Å². The third-order valence-electron chi connectivity index (χ3n) is 2.05. The third-order valence-corrected chi connectivity index (χ3v) is 2.05. The van der Waals surface area contributed by atoms with E-state index >= 15 is 0 Å². The van der Waals surface area contributed by atoms with Crippen LogP contribution in [0.15, 0.2) is 0 Å². The Morgan fingerprint density at radius 3 is 2.14 bits per heavy atom. The highest BCUT2D eigenvalue weighted by atomic mass is 19.4. The van der Waals surface area contributed by atoms with Gasteiger partial charge in [0, 0.05) is 0 Å². The molecule has 1 heterocycles. The van der Waals surface area contributed by atoms with E-state index in [1.807, 2.05) is 0 Å². The molecule has 0 bridgehead atoms. The Bertz CT molecular complexity index is 293. The van der Waals surface area contributed by atoms with Crippen LogP contribution in [0.1, 0.15) is 6.92 Å². The summed E-state index contributed by atoms with van der Waals surface area (Å²) in [5.74, 6) is -1.31. The van der Waals surface area contributed by atoms with E-state index in [1.165, 1.54) is 6.82 Å². The van der Waals surface area contributed by atoms with Gasteiger partial charge in [0.15, 0.2) is 0 Å². The summed E-state index contributed by atoms with van der Waals surface area (Å²) in [6.07, 6.45) is -4.79. The number of halogens is 3. The summed E-state index contributed by atoms with van der Waals surface area (Å²) in [5, 5.41) is 1.60. The van der Waals surface area contributed by atoms with Gasteiger partial charge in [-0.3, -0.25) is 4.79 Å². The molecular formula is C6H7BF3N2O2. The summed E-state index contributed by atoms with van der Waals surface area (Å²) < 4.78 is 37.2. The van der Waals surface area contributed by atoms with Crippen molar-refractivity contribution in [2.75, 3.05) is 0 Å². The van der Waals surface area contributed by atoms with Gasteiger partial charge in [-0.15, -0.1) is 0 Å². The van der Waals surface area contributed by atoms with Gasteiger partial charge in [-0.25, -0.2) is 4.79 Å². The maximum atomic E-state index is 12.4. The molecule has 3 amide bonds. The molecule has 1 rings (SSSR count). The van der Waals surface area contributed by atoms with Crippen molar-refractivity contribution in [3.63, 3.8) is 0 Å². The number of carbonyl (C=O) groups excluding carboxylic acids is 2. The minimum Gasteiger partial charge on any atom is -0.317 e. The van der Waals surface area contributed by atoms with Gasteiger partial charge < -0.3 is 10.1 Å². The first-order chi connectivity index (χ1) is 6.24. The number of hydrogen-bond acceptors (Lipinski definition) is 2. The zero-order chi connectivity index (χ0) is 11.1. The molecule has 0 spiro atoms. The van der Waals surface area contributed by atoms with E-state index in [2.05, 4.69) is 0 Å². The highest BCUT2D eigenvalue weighted by Crippen LogP contribution is 2.34. The molecule has 14 heavy (non-hydrogen) atoms. The van der Waals surface area contributed by atoms with Crippen LogP contribution >= 0.6 is 0 Å². The molecule has 1 N–H and O–H groups in total. The molecule has 0 aliphatic carbocycles. The largest absolute Gasteiger partial charge is 0.420 e. The molecule has 1 atom stereocenters. The molecule has 1 fully saturated rings. The van der Waals surface area contributed by atoms with Crippen LogP contribution in [0.5, 0.6) is 0 Å². The molecule has 0 aromatic rings. The summed E-state index contributed by atoms with van der Waals surface area (Å²) in [6, 6.07) is -1.06. The van der Waals surface area contributed by atoms with Crippen LogP contribution in [0.2, 0.25) is 6.82 Å². The Balaban J connectivity index is 3.07. The Morgan fingerprint density at radius 1 is 1.43 bits per heavy atom. The number of imide groups is 1. The number of carbonyl (C=O) groups is 2. The molecule has 8 heteroatoms.